The van der Waals surface area contributed by atoms with Crippen LogP contribution in [0.4, 0.5) is 4.79 Å². The molecular formula is C18H35N3O2. The second kappa shape index (κ2) is 8.34. The summed E-state index contributed by atoms with van der Waals surface area (Å²) < 4.78 is 5.33. The molecule has 2 atom stereocenters. The number of rotatable bonds is 5. The minimum atomic E-state index is -0.426. The number of carbonyl (C=O) groups excluding carboxylic acids is 1. The molecule has 1 amide bonds. The van der Waals surface area contributed by atoms with Gasteiger partial charge in [-0.25, -0.2) is 4.79 Å². The molecule has 5 nitrogen and oxygen atoms in total. The topological polar surface area (TPSA) is 53.6 Å². The van der Waals surface area contributed by atoms with Crippen molar-refractivity contribution in [1.82, 2.24) is 15.5 Å². The zero-order valence-corrected chi connectivity index (χ0v) is 15.4. The Morgan fingerprint density at radius 3 is 2.48 bits per heavy atom. The molecular weight excluding hydrogens is 290 g/mol. The molecule has 23 heavy (non-hydrogen) atoms. The zero-order valence-electron chi connectivity index (χ0n) is 15.4. The molecule has 1 saturated carbocycles. The van der Waals surface area contributed by atoms with Crippen molar-refractivity contribution >= 4 is 6.09 Å². The van der Waals surface area contributed by atoms with Gasteiger partial charge in [-0.15, -0.1) is 0 Å². The molecule has 1 heterocycles. The molecule has 0 aromatic carbocycles. The number of ether oxygens (including phenoxy) is 1. The van der Waals surface area contributed by atoms with Crippen LogP contribution >= 0.6 is 0 Å². The van der Waals surface area contributed by atoms with Gasteiger partial charge in [-0.2, -0.15) is 0 Å². The fourth-order valence-electron chi connectivity index (χ4n) is 3.75. The Balaban J connectivity index is 1.72. The van der Waals surface area contributed by atoms with E-state index < -0.39 is 5.60 Å². The fourth-order valence-corrected chi connectivity index (χ4v) is 3.75. The number of piperidine rings is 1. The van der Waals surface area contributed by atoms with E-state index in [-0.39, 0.29) is 6.09 Å². The number of nitrogens with zero attached hydrogens (tertiary/aromatic N) is 1. The van der Waals surface area contributed by atoms with E-state index in [1.807, 2.05) is 20.8 Å². The van der Waals surface area contributed by atoms with Crippen LogP contribution in [0, 0.1) is 5.92 Å². The van der Waals surface area contributed by atoms with Gasteiger partial charge >= 0.3 is 6.09 Å². The summed E-state index contributed by atoms with van der Waals surface area (Å²) >= 11 is 0. The van der Waals surface area contributed by atoms with Gasteiger partial charge in [-0.1, -0.05) is 13.3 Å². The van der Waals surface area contributed by atoms with Crippen LogP contribution in [0.1, 0.15) is 59.8 Å². The first kappa shape index (κ1) is 18.5. The van der Waals surface area contributed by atoms with Crippen LogP contribution in [0.5, 0.6) is 0 Å². The molecule has 0 aromatic rings. The summed E-state index contributed by atoms with van der Waals surface area (Å²) in [5.41, 5.74) is -0.426. The average Bonchev–Trinajstić information content (AvgIpc) is 2.91. The van der Waals surface area contributed by atoms with E-state index in [1.165, 1.54) is 51.7 Å². The molecule has 2 rings (SSSR count). The summed E-state index contributed by atoms with van der Waals surface area (Å²) in [7, 11) is 0. The third-order valence-corrected chi connectivity index (χ3v) is 5.05. The maximum Gasteiger partial charge on any atom is 0.407 e. The number of likely N-dealkylation sites (tertiary alicyclic amines) is 1. The lowest BCUT2D eigenvalue weighted by atomic mass is 9.99. The minimum absolute atomic E-state index is 0.292. The monoisotopic (exact) mass is 325 g/mol. The molecule has 5 heteroatoms. The van der Waals surface area contributed by atoms with E-state index in [0.29, 0.717) is 18.0 Å². The van der Waals surface area contributed by atoms with Crippen LogP contribution in [-0.4, -0.2) is 54.9 Å². The molecule has 1 aliphatic heterocycles. The molecule has 2 unspecified atom stereocenters. The molecule has 2 aliphatic rings. The second-order valence-electron chi connectivity index (χ2n) is 8.06. The van der Waals surface area contributed by atoms with Crippen LogP contribution in [-0.2, 0) is 4.74 Å². The van der Waals surface area contributed by atoms with Crippen molar-refractivity contribution in [3.63, 3.8) is 0 Å². The van der Waals surface area contributed by atoms with Gasteiger partial charge in [0, 0.05) is 18.6 Å². The lowest BCUT2D eigenvalue weighted by molar-refractivity contribution is 0.0516. The molecule has 2 fully saturated rings. The first-order valence-corrected chi connectivity index (χ1v) is 9.32. The van der Waals surface area contributed by atoms with Crippen molar-refractivity contribution in [2.24, 2.45) is 5.92 Å². The van der Waals surface area contributed by atoms with Crippen LogP contribution in [0.25, 0.3) is 0 Å². The van der Waals surface area contributed by atoms with Crippen molar-refractivity contribution in [2.45, 2.75) is 77.5 Å². The van der Waals surface area contributed by atoms with E-state index in [1.54, 1.807) is 0 Å². The largest absolute Gasteiger partial charge is 0.444 e. The number of carbonyl (C=O) groups is 1. The Labute approximate surface area is 141 Å². The summed E-state index contributed by atoms with van der Waals surface area (Å²) in [6, 6.07) is 1.19. The van der Waals surface area contributed by atoms with Crippen molar-refractivity contribution in [3.05, 3.63) is 0 Å². The molecule has 0 radical (unpaired) electrons. The van der Waals surface area contributed by atoms with Crippen molar-refractivity contribution in [2.75, 3.05) is 26.2 Å². The van der Waals surface area contributed by atoms with Crippen molar-refractivity contribution in [3.8, 4) is 0 Å². The Bertz CT molecular complexity index is 373. The lowest BCUT2D eigenvalue weighted by Crippen LogP contribution is -2.48. The number of alkyl carbamates (subject to hydrolysis) is 1. The number of amides is 1. The fraction of sp³-hybridized carbons (Fsp3) is 0.944. The molecule has 2 N–H and O–H groups in total. The zero-order chi connectivity index (χ0) is 16.9. The standard InChI is InChI=1S/C18H35N3O2/c1-5-21-11-9-15(10-12-21)20-16-8-6-7-14(16)13-19-17(22)23-18(2,3)4/h14-16,20H,5-13H2,1-4H3,(H,19,22). The SMILES string of the molecule is CCN1CCC(NC2CCCC2CNC(=O)OC(C)(C)C)CC1. The highest BCUT2D eigenvalue weighted by molar-refractivity contribution is 5.67. The maximum absolute atomic E-state index is 11.8. The van der Waals surface area contributed by atoms with Gasteiger partial charge in [0.2, 0.25) is 0 Å². The van der Waals surface area contributed by atoms with Gasteiger partial charge in [-0.3, -0.25) is 0 Å². The van der Waals surface area contributed by atoms with Gasteiger partial charge < -0.3 is 20.3 Å². The van der Waals surface area contributed by atoms with E-state index in [0.717, 1.165) is 6.54 Å². The Morgan fingerprint density at radius 1 is 1.17 bits per heavy atom. The summed E-state index contributed by atoms with van der Waals surface area (Å²) in [6.45, 7) is 12.2. The lowest BCUT2D eigenvalue weighted by Gasteiger charge is -2.34. The maximum atomic E-state index is 11.8. The Kier molecular flexibility index (Phi) is 6.72. The van der Waals surface area contributed by atoms with E-state index >= 15 is 0 Å². The van der Waals surface area contributed by atoms with Gasteiger partial charge in [-0.05, 0) is 72.0 Å². The number of hydrogen-bond donors (Lipinski definition) is 2. The summed E-state index contributed by atoms with van der Waals surface area (Å²) in [4.78, 5) is 14.3. The van der Waals surface area contributed by atoms with Crippen molar-refractivity contribution < 1.29 is 9.53 Å². The van der Waals surface area contributed by atoms with Gasteiger partial charge in [0.25, 0.3) is 0 Å². The molecule has 0 bridgehead atoms. The normalized spacial score (nSPS) is 27.1. The molecule has 0 aromatic heterocycles. The van der Waals surface area contributed by atoms with Crippen molar-refractivity contribution in [1.29, 1.82) is 0 Å². The second-order valence-corrected chi connectivity index (χ2v) is 8.06. The number of hydrogen-bond acceptors (Lipinski definition) is 4. The van der Waals surface area contributed by atoms with Crippen LogP contribution in [0.15, 0.2) is 0 Å². The van der Waals surface area contributed by atoms with Crippen LogP contribution in [0.2, 0.25) is 0 Å². The van der Waals surface area contributed by atoms with Crippen LogP contribution in [0.3, 0.4) is 0 Å². The summed E-state index contributed by atoms with van der Waals surface area (Å²) in [6.07, 6.45) is 5.88. The molecule has 1 aliphatic carbocycles. The first-order valence-electron chi connectivity index (χ1n) is 9.32. The first-order chi connectivity index (χ1) is 10.9. The van der Waals surface area contributed by atoms with Gasteiger partial charge in [0.05, 0.1) is 0 Å². The minimum Gasteiger partial charge on any atom is -0.444 e. The Hall–Kier alpha value is -0.810. The molecule has 1 saturated heterocycles. The highest BCUT2D eigenvalue weighted by Crippen LogP contribution is 2.26. The third-order valence-electron chi connectivity index (χ3n) is 5.05. The quantitative estimate of drug-likeness (QED) is 0.816. The summed E-state index contributed by atoms with van der Waals surface area (Å²) in [5.74, 6) is 0.534. The smallest absolute Gasteiger partial charge is 0.407 e. The highest BCUT2D eigenvalue weighted by atomic mass is 16.6. The molecule has 0 spiro atoms. The molecule has 134 valence electrons. The average molecular weight is 325 g/mol. The van der Waals surface area contributed by atoms with Gasteiger partial charge in [0.15, 0.2) is 0 Å². The highest BCUT2D eigenvalue weighted by Gasteiger charge is 2.30. The number of nitrogens with one attached hydrogen (secondary N) is 2. The Morgan fingerprint density at radius 2 is 1.87 bits per heavy atom. The van der Waals surface area contributed by atoms with E-state index in [9.17, 15) is 4.79 Å². The predicted octanol–water partition coefficient (Wildman–Crippen LogP) is 2.75. The van der Waals surface area contributed by atoms with Gasteiger partial charge in [0.1, 0.15) is 5.60 Å². The third kappa shape index (κ3) is 6.30. The summed E-state index contributed by atoms with van der Waals surface area (Å²) in [5, 5.41) is 6.82. The predicted molar refractivity (Wildman–Crippen MR) is 93.6 cm³/mol. The van der Waals surface area contributed by atoms with E-state index in [2.05, 4.69) is 22.5 Å². The van der Waals surface area contributed by atoms with Crippen LogP contribution < -0.4 is 10.6 Å². The van der Waals surface area contributed by atoms with E-state index in [4.69, 9.17) is 4.74 Å².